The summed E-state index contributed by atoms with van der Waals surface area (Å²) in [5.41, 5.74) is 5.97. The molecule has 8 aromatic rings. The van der Waals surface area contributed by atoms with Gasteiger partial charge in [0.25, 0.3) is 0 Å². The molecular weight excluding hydrogens is 843 g/mol. The Hall–Kier alpha value is -8.26. The third-order valence-corrected chi connectivity index (χ3v) is 10.4. The number of anilines is 2. The van der Waals surface area contributed by atoms with E-state index in [4.69, 9.17) is 19.1 Å². The summed E-state index contributed by atoms with van der Waals surface area (Å²) in [6.45, 7) is 1.80. The normalized spacial score (nSPS) is 11.7. The van der Waals surface area contributed by atoms with E-state index in [1.807, 2.05) is 72.8 Å². The molecule has 66 heavy (non-hydrogen) atoms. The number of ether oxygens (including phenoxy) is 1. The molecule has 14 heteroatoms. The van der Waals surface area contributed by atoms with Gasteiger partial charge >= 0.3 is 11.9 Å². The molecule has 2 atom stereocenters. The zero-order chi connectivity index (χ0) is 46.4. The number of carbonyl (C=O) groups is 2. The lowest BCUT2D eigenvalue weighted by Crippen LogP contribution is -2.32. The number of hydrogen-bond acceptors (Lipinski definition) is 10. The van der Waals surface area contributed by atoms with E-state index in [0.29, 0.717) is 69.2 Å². The summed E-state index contributed by atoms with van der Waals surface area (Å²) in [5.74, 6) is -0.225. The van der Waals surface area contributed by atoms with Gasteiger partial charge in [0.2, 0.25) is 0 Å². The number of hydrogen-bond donors (Lipinski definition) is 4. The number of aryl methyl sites for hydroxylation is 1. The lowest BCUT2D eigenvalue weighted by atomic mass is 10.0. The second-order valence-corrected chi connectivity index (χ2v) is 15.3. The Morgan fingerprint density at radius 3 is 1.76 bits per heavy atom. The van der Waals surface area contributed by atoms with Crippen LogP contribution in [0.4, 0.5) is 20.4 Å². The number of carboxylic acids is 2. The van der Waals surface area contributed by atoms with E-state index in [2.05, 4.69) is 20.6 Å². The number of benzene rings is 5. The van der Waals surface area contributed by atoms with Crippen LogP contribution in [0.25, 0.3) is 22.5 Å². The number of aliphatic carboxylic acids is 2. The molecule has 0 bridgehead atoms. The third kappa shape index (κ3) is 12.5. The van der Waals surface area contributed by atoms with E-state index < -0.39 is 24.0 Å². The highest BCUT2D eigenvalue weighted by atomic mass is 19.1. The highest BCUT2D eigenvalue weighted by molar-refractivity contribution is 5.78. The topological polar surface area (TPSA) is 173 Å². The van der Waals surface area contributed by atoms with Crippen molar-refractivity contribution in [1.29, 1.82) is 0 Å². The summed E-state index contributed by atoms with van der Waals surface area (Å²) >= 11 is 0. The van der Waals surface area contributed by atoms with Gasteiger partial charge in [-0.05, 0) is 66.1 Å². The van der Waals surface area contributed by atoms with Gasteiger partial charge in [0.1, 0.15) is 52.6 Å². The van der Waals surface area contributed by atoms with Crippen molar-refractivity contribution < 1.29 is 37.7 Å². The van der Waals surface area contributed by atoms with Crippen LogP contribution in [-0.2, 0) is 35.3 Å². The molecule has 0 aliphatic rings. The number of halogens is 2. The van der Waals surface area contributed by atoms with Crippen LogP contribution in [0, 0.1) is 18.6 Å². The van der Waals surface area contributed by atoms with Crippen molar-refractivity contribution in [3.63, 3.8) is 0 Å². The predicted molar refractivity (Wildman–Crippen MR) is 247 cm³/mol. The first-order valence-electron chi connectivity index (χ1n) is 21.0. The van der Waals surface area contributed by atoms with Crippen molar-refractivity contribution in [1.82, 2.24) is 19.9 Å². The summed E-state index contributed by atoms with van der Waals surface area (Å²) in [7, 11) is 1.56. The maximum absolute atomic E-state index is 14.3. The first-order valence-corrected chi connectivity index (χ1v) is 21.0. The average Bonchev–Trinajstić information content (AvgIpc) is 3.75. The Labute approximate surface area is 380 Å². The van der Waals surface area contributed by atoms with Crippen molar-refractivity contribution in [3.8, 4) is 28.3 Å². The summed E-state index contributed by atoms with van der Waals surface area (Å²) in [5, 5.41) is 25.6. The molecule has 8 rings (SSSR count). The van der Waals surface area contributed by atoms with Crippen LogP contribution in [-0.4, -0.2) is 61.3 Å². The summed E-state index contributed by atoms with van der Waals surface area (Å²) < 4.78 is 38.9. The van der Waals surface area contributed by atoms with Gasteiger partial charge in [0.15, 0.2) is 0 Å². The molecule has 0 fully saturated rings. The monoisotopic (exact) mass is 888 g/mol. The molecule has 0 aliphatic heterocycles. The standard InChI is InChI=1S/C27H24FN3O3.C25H22FN3O3/c1-34-22-12-6-8-19(14-22)16-24(27(32)33)31-26-23(15-18-7-5-11-21(28)13-18)30-25(17-29-26)20-9-3-2-4-10-20;1-16-11-12-19(32-16)14-22(25(30)31)29-24-21(13-18-9-5-6-10-20(18)26)28-23(15-27-24)17-7-3-2-4-8-17/h2-14,17,24H,15-16H2,1H3,(H,29,31)(H,32,33);2-12,15,22H,13-14H2,1H3,(H,27,29)(H,30,31). The van der Waals surface area contributed by atoms with E-state index in [0.717, 1.165) is 16.7 Å². The van der Waals surface area contributed by atoms with Crippen LogP contribution in [0.3, 0.4) is 0 Å². The molecule has 2 unspecified atom stereocenters. The molecular formula is C52H46F2N6O6. The highest BCUT2D eigenvalue weighted by Gasteiger charge is 2.24. The quantitative estimate of drug-likeness (QED) is 0.0683. The van der Waals surface area contributed by atoms with Crippen molar-refractivity contribution in [2.24, 2.45) is 0 Å². The first-order chi connectivity index (χ1) is 32.0. The highest BCUT2D eigenvalue weighted by Crippen LogP contribution is 2.26. The fraction of sp³-hybridized carbons (Fsp3) is 0.154. The second-order valence-electron chi connectivity index (χ2n) is 15.3. The van der Waals surface area contributed by atoms with Gasteiger partial charge in [0.05, 0.1) is 42.3 Å². The number of methoxy groups -OCH3 is 1. The van der Waals surface area contributed by atoms with E-state index in [-0.39, 0.29) is 30.9 Å². The first kappa shape index (κ1) is 45.8. The maximum Gasteiger partial charge on any atom is 0.326 e. The number of furan rings is 1. The Bertz CT molecular complexity index is 2900. The summed E-state index contributed by atoms with van der Waals surface area (Å²) in [6.07, 6.45) is 3.99. The van der Waals surface area contributed by atoms with Crippen LogP contribution < -0.4 is 15.4 Å². The van der Waals surface area contributed by atoms with E-state index >= 15 is 0 Å². The van der Waals surface area contributed by atoms with Crippen molar-refractivity contribution in [2.75, 3.05) is 17.7 Å². The maximum atomic E-state index is 14.3. The van der Waals surface area contributed by atoms with Crippen LogP contribution in [0.1, 0.15) is 39.6 Å². The van der Waals surface area contributed by atoms with E-state index in [1.54, 1.807) is 81.0 Å². The lowest BCUT2D eigenvalue weighted by Gasteiger charge is -2.18. The van der Waals surface area contributed by atoms with Crippen LogP contribution in [0.2, 0.25) is 0 Å². The molecule has 0 amide bonds. The summed E-state index contributed by atoms with van der Waals surface area (Å²) in [4.78, 5) is 42.4. The Morgan fingerprint density at radius 2 is 1.20 bits per heavy atom. The largest absolute Gasteiger partial charge is 0.497 e. The minimum absolute atomic E-state index is 0.129. The zero-order valence-electron chi connectivity index (χ0n) is 36.1. The van der Waals surface area contributed by atoms with Gasteiger partial charge in [-0.15, -0.1) is 0 Å². The van der Waals surface area contributed by atoms with E-state index in [9.17, 15) is 28.6 Å². The van der Waals surface area contributed by atoms with Crippen molar-refractivity contribution >= 4 is 23.6 Å². The Kier molecular flexibility index (Phi) is 15.2. The van der Waals surface area contributed by atoms with Gasteiger partial charge < -0.3 is 30.0 Å². The minimum atomic E-state index is -1.05. The van der Waals surface area contributed by atoms with Crippen LogP contribution in [0.5, 0.6) is 5.75 Å². The van der Waals surface area contributed by atoms with Crippen molar-refractivity contribution in [2.45, 2.75) is 44.7 Å². The van der Waals surface area contributed by atoms with Crippen LogP contribution in [0.15, 0.2) is 162 Å². The second kappa shape index (κ2) is 21.9. The Morgan fingerprint density at radius 1 is 0.636 bits per heavy atom. The Balaban J connectivity index is 0.000000197. The van der Waals surface area contributed by atoms with Crippen LogP contribution >= 0.6 is 0 Å². The number of nitrogens with zero attached hydrogens (tertiary/aromatic N) is 4. The molecule has 0 radical (unpaired) electrons. The number of rotatable bonds is 17. The third-order valence-electron chi connectivity index (χ3n) is 10.4. The van der Waals surface area contributed by atoms with Gasteiger partial charge in [-0.3, -0.25) is 0 Å². The number of carboxylic acid groups (broad SMARTS) is 2. The predicted octanol–water partition coefficient (Wildman–Crippen LogP) is 9.87. The van der Waals surface area contributed by atoms with E-state index in [1.165, 1.54) is 18.2 Å². The molecule has 334 valence electrons. The van der Waals surface area contributed by atoms with Gasteiger partial charge in [0, 0.05) is 36.8 Å². The molecule has 0 saturated heterocycles. The van der Waals surface area contributed by atoms with Gasteiger partial charge in [-0.25, -0.2) is 38.3 Å². The molecule has 12 nitrogen and oxygen atoms in total. The zero-order valence-corrected chi connectivity index (χ0v) is 36.1. The molecule has 3 aromatic heterocycles. The van der Waals surface area contributed by atoms with Crippen molar-refractivity contribution in [3.05, 3.63) is 209 Å². The SMILES string of the molecule is COc1cccc(CC(Nc2ncc(-c3ccccc3)nc2Cc2cccc(F)c2)C(=O)O)c1.Cc1ccc(CC(Nc2ncc(-c3ccccc3)nc2Cc2ccccc2F)C(=O)O)o1. The number of aromatic nitrogens is 4. The molecule has 5 aromatic carbocycles. The fourth-order valence-electron chi connectivity index (χ4n) is 7.06. The van der Waals surface area contributed by atoms with Gasteiger partial charge in [-0.1, -0.05) is 103 Å². The molecule has 4 N–H and O–H groups in total. The molecule has 0 spiro atoms. The molecule has 0 aliphatic carbocycles. The van der Waals surface area contributed by atoms with Gasteiger partial charge in [-0.2, -0.15) is 0 Å². The average molecular weight is 889 g/mol. The molecule has 3 heterocycles. The number of nitrogens with one attached hydrogen (secondary N) is 2. The fourth-order valence-corrected chi connectivity index (χ4v) is 7.06. The smallest absolute Gasteiger partial charge is 0.326 e. The lowest BCUT2D eigenvalue weighted by molar-refractivity contribution is -0.138. The minimum Gasteiger partial charge on any atom is -0.497 e. The molecule has 0 saturated carbocycles. The summed E-state index contributed by atoms with van der Waals surface area (Å²) in [6, 6.07) is 40.6.